The van der Waals surface area contributed by atoms with Gasteiger partial charge in [-0.3, -0.25) is 4.79 Å². The molecule has 0 radical (unpaired) electrons. The highest BCUT2D eigenvalue weighted by molar-refractivity contribution is 7.90. The maximum absolute atomic E-state index is 12.3. The molecule has 1 aromatic rings. The molecule has 0 spiro atoms. The van der Waals surface area contributed by atoms with Crippen LogP contribution in [0.1, 0.15) is 56.1 Å². The number of hydrogen-bond acceptors (Lipinski definition) is 3. The van der Waals surface area contributed by atoms with Crippen molar-refractivity contribution in [3.05, 3.63) is 35.4 Å². The van der Waals surface area contributed by atoms with Crippen molar-refractivity contribution >= 4 is 15.9 Å². The van der Waals surface area contributed by atoms with Crippen molar-refractivity contribution in [1.82, 2.24) is 10.0 Å². The van der Waals surface area contributed by atoms with Crippen LogP contribution < -0.4 is 10.0 Å². The first-order valence-electron chi connectivity index (χ1n) is 9.80. The van der Waals surface area contributed by atoms with Crippen molar-refractivity contribution in [2.75, 3.05) is 5.75 Å². The number of hydrogen-bond donors (Lipinski definition) is 2. The summed E-state index contributed by atoms with van der Waals surface area (Å²) in [5.74, 6) is 0.652. The summed E-state index contributed by atoms with van der Waals surface area (Å²) in [4.78, 5) is 12.3. The van der Waals surface area contributed by atoms with Crippen LogP contribution in [0, 0.1) is 11.8 Å². The van der Waals surface area contributed by atoms with Crippen molar-refractivity contribution in [3.63, 3.8) is 0 Å². The van der Waals surface area contributed by atoms with E-state index in [0.29, 0.717) is 17.8 Å². The molecule has 2 saturated carbocycles. The van der Waals surface area contributed by atoms with Gasteiger partial charge in [-0.1, -0.05) is 31.2 Å². The third-order valence-electron chi connectivity index (χ3n) is 6.34. The molecular formula is C20H28N2O3S. The van der Waals surface area contributed by atoms with Crippen molar-refractivity contribution in [3.8, 4) is 0 Å². The topological polar surface area (TPSA) is 75.3 Å². The lowest BCUT2D eigenvalue weighted by molar-refractivity contribution is -0.118. The Hall–Kier alpha value is -1.40. The molecule has 142 valence electrons. The first kappa shape index (κ1) is 18.0. The molecule has 3 atom stereocenters. The van der Waals surface area contributed by atoms with Gasteiger partial charge in [0.1, 0.15) is 5.75 Å². The quantitative estimate of drug-likeness (QED) is 0.828. The molecule has 1 amide bonds. The Kier molecular flexibility index (Phi) is 4.82. The van der Waals surface area contributed by atoms with Gasteiger partial charge in [0.15, 0.2) is 0 Å². The van der Waals surface area contributed by atoms with Crippen LogP contribution in [0.5, 0.6) is 0 Å². The Morgan fingerprint density at radius 1 is 1.12 bits per heavy atom. The lowest BCUT2D eigenvalue weighted by Gasteiger charge is -2.26. The maximum Gasteiger partial charge on any atom is 0.236 e. The number of sulfonamides is 1. The van der Waals surface area contributed by atoms with Gasteiger partial charge in [-0.25, -0.2) is 13.1 Å². The molecule has 2 N–H and O–H groups in total. The van der Waals surface area contributed by atoms with E-state index in [9.17, 15) is 13.2 Å². The molecule has 3 aliphatic rings. The van der Waals surface area contributed by atoms with Crippen LogP contribution in [0.3, 0.4) is 0 Å². The van der Waals surface area contributed by atoms with E-state index < -0.39 is 15.8 Å². The summed E-state index contributed by atoms with van der Waals surface area (Å²) in [5.41, 5.74) is 2.69. The molecule has 3 aliphatic carbocycles. The Balaban J connectivity index is 1.31. The Bertz CT molecular complexity index is 784. The van der Waals surface area contributed by atoms with Gasteiger partial charge in [0.25, 0.3) is 0 Å². The van der Waals surface area contributed by atoms with Crippen LogP contribution >= 0.6 is 0 Å². The second-order valence-corrected chi connectivity index (χ2v) is 10.1. The van der Waals surface area contributed by atoms with E-state index in [0.717, 1.165) is 38.5 Å². The van der Waals surface area contributed by atoms with Crippen LogP contribution in [0.25, 0.3) is 0 Å². The van der Waals surface area contributed by atoms with Crippen LogP contribution in [0.15, 0.2) is 24.3 Å². The number of benzene rings is 1. The fourth-order valence-corrected chi connectivity index (χ4v) is 6.09. The number of carbonyl (C=O) groups excluding carboxylic acids is 1. The van der Waals surface area contributed by atoms with Gasteiger partial charge in [-0.15, -0.1) is 0 Å². The predicted molar refractivity (Wildman–Crippen MR) is 101 cm³/mol. The monoisotopic (exact) mass is 376 g/mol. The highest BCUT2D eigenvalue weighted by atomic mass is 32.2. The van der Waals surface area contributed by atoms with E-state index in [1.807, 2.05) is 6.07 Å². The van der Waals surface area contributed by atoms with E-state index >= 15 is 0 Å². The standard InChI is InChI=1S/C20H28N2O3S/c1-13-6-9-15(10-7-13)22-26(24,25)12-18(23)21-20-17-11-8-14-4-2-3-5-16(14)19(17)20/h2-5,13,15,17,19-20,22H,6-12H2,1H3,(H,21,23)/t13?,15?,17-,19-,20+/m0/s1. The molecule has 6 heteroatoms. The Morgan fingerprint density at radius 2 is 1.85 bits per heavy atom. The predicted octanol–water partition coefficient (Wildman–Crippen LogP) is 2.33. The maximum atomic E-state index is 12.3. The highest BCUT2D eigenvalue weighted by Gasteiger charge is 2.53. The first-order valence-corrected chi connectivity index (χ1v) is 11.5. The molecule has 0 unspecified atom stereocenters. The Morgan fingerprint density at radius 3 is 2.62 bits per heavy atom. The average molecular weight is 377 g/mol. The molecule has 2 fully saturated rings. The van der Waals surface area contributed by atoms with Crippen molar-refractivity contribution in [2.45, 2.75) is 63.5 Å². The highest BCUT2D eigenvalue weighted by Crippen LogP contribution is 2.54. The van der Waals surface area contributed by atoms with Crippen LogP contribution in [-0.4, -0.2) is 32.2 Å². The fourth-order valence-electron chi connectivity index (χ4n) is 4.84. The van der Waals surface area contributed by atoms with E-state index in [1.165, 1.54) is 11.1 Å². The Labute approximate surface area is 156 Å². The second kappa shape index (κ2) is 6.97. The molecule has 5 nitrogen and oxygen atoms in total. The summed E-state index contributed by atoms with van der Waals surface area (Å²) in [7, 11) is -3.57. The minimum Gasteiger partial charge on any atom is -0.352 e. The SMILES string of the molecule is CC1CCC(NS(=O)(=O)CC(=O)N[C@@H]2[C@H]3CCc4ccccc4[C@@H]32)CC1. The summed E-state index contributed by atoms with van der Waals surface area (Å²) in [6.45, 7) is 2.20. The largest absolute Gasteiger partial charge is 0.352 e. The number of nitrogens with one attached hydrogen (secondary N) is 2. The summed E-state index contributed by atoms with van der Waals surface area (Å²) in [6, 6.07) is 8.47. The van der Waals surface area contributed by atoms with Crippen LogP contribution in [-0.2, 0) is 21.2 Å². The molecule has 26 heavy (non-hydrogen) atoms. The molecule has 0 aromatic heterocycles. The summed E-state index contributed by atoms with van der Waals surface area (Å²) >= 11 is 0. The van der Waals surface area contributed by atoms with Gasteiger partial charge in [0.05, 0.1) is 0 Å². The van der Waals surface area contributed by atoms with Gasteiger partial charge in [-0.05, 0) is 61.5 Å². The third kappa shape index (κ3) is 3.81. The number of aryl methyl sites for hydroxylation is 1. The molecule has 4 rings (SSSR count). The second-order valence-electron chi connectivity index (χ2n) is 8.35. The van der Waals surface area contributed by atoms with Crippen molar-refractivity contribution in [1.29, 1.82) is 0 Å². The van der Waals surface area contributed by atoms with Gasteiger partial charge in [-0.2, -0.15) is 0 Å². The van der Waals surface area contributed by atoms with Crippen LogP contribution in [0.4, 0.5) is 0 Å². The van der Waals surface area contributed by atoms with Crippen molar-refractivity contribution < 1.29 is 13.2 Å². The molecule has 0 saturated heterocycles. The molecule has 1 aromatic carbocycles. The smallest absolute Gasteiger partial charge is 0.236 e. The molecular weight excluding hydrogens is 348 g/mol. The summed E-state index contributed by atoms with van der Waals surface area (Å²) in [6.07, 6.45) is 5.94. The summed E-state index contributed by atoms with van der Waals surface area (Å²) < 4.78 is 27.4. The number of rotatable bonds is 5. The lowest BCUT2D eigenvalue weighted by Crippen LogP contribution is -2.43. The lowest BCUT2D eigenvalue weighted by atomic mass is 9.88. The number of fused-ring (bicyclic) bond motifs is 3. The minimum absolute atomic E-state index is 0.0145. The molecule has 0 bridgehead atoms. The summed E-state index contributed by atoms with van der Waals surface area (Å²) in [5, 5.41) is 2.98. The zero-order chi connectivity index (χ0) is 18.3. The van der Waals surface area contributed by atoms with E-state index in [4.69, 9.17) is 0 Å². The van der Waals surface area contributed by atoms with E-state index in [-0.39, 0.29) is 18.0 Å². The average Bonchev–Trinajstić information content (AvgIpc) is 3.29. The number of carbonyl (C=O) groups is 1. The zero-order valence-corrected chi connectivity index (χ0v) is 16.1. The fraction of sp³-hybridized carbons (Fsp3) is 0.650. The van der Waals surface area contributed by atoms with Gasteiger partial charge in [0.2, 0.25) is 15.9 Å². The molecule has 0 heterocycles. The van der Waals surface area contributed by atoms with E-state index in [2.05, 4.69) is 35.2 Å². The first-order chi connectivity index (χ1) is 12.4. The van der Waals surface area contributed by atoms with Gasteiger partial charge < -0.3 is 5.32 Å². The van der Waals surface area contributed by atoms with E-state index in [1.54, 1.807) is 0 Å². The van der Waals surface area contributed by atoms with Crippen LogP contribution in [0.2, 0.25) is 0 Å². The number of amides is 1. The van der Waals surface area contributed by atoms with Gasteiger partial charge in [0, 0.05) is 18.0 Å². The third-order valence-corrected chi connectivity index (χ3v) is 7.68. The molecule has 0 aliphatic heterocycles. The van der Waals surface area contributed by atoms with Gasteiger partial charge >= 0.3 is 0 Å². The normalized spacial score (nSPS) is 33.0. The minimum atomic E-state index is -3.57. The van der Waals surface area contributed by atoms with Crippen molar-refractivity contribution in [2.24, 2.45) is 11.8 Å². The zero-order valence-electron chi connectivity index (χ0n) is 15.3.